The maximum Gasteiger partial charge on any atom is 0.123 e. The van der Waals surface area contributed by atoms with E-state index in [1.165, 1.54) is 0 Å². The minimum atomic E-state index is -0.252. The number of nitrogens with two attached hydrogens (primary N) is 1. The second kappa shape index (κ2) is 4.98. The molecule has 0 amide bonds. The highest BCUT2D eigenvalue weighted by atomic mass is 16.3. The van der Waals surface area contributed by atoms with Gasteiger partial charge in [0.15, 0.2) is 0 Å². The number of aliphatic hydroxyl groups is 1. The van der Waals surface area contributed by atoms with Crippen LogP contribution in [0, 0.1) is 0 Å². The summed E-state index contributed by atoms with van der Waals surface area (Å²) < 4.78 is 0. The second-order valence-electron chi connectivity index (χ2n) is 3.74. The first-order valence-electron chi connectivity index (χ1n) is 5.26. The zero-order chi connectivity index (χ0) is 11.3. The van der Waals surface area contributed by atoms with Crippen molar-refractivity contribution in [1.82, 2.24) is 4.98 Å². The van der Waals surface area contributed by atoms with Crippen LogP contribution in [0.15, 0.2) is 18.3 Å². The predicted octanol–water partition coefficient (Wildman–Crippen LogP) is 1.63. The van der Waals surface area contributed by atoms with Gasteiger partial charge < -0.3 is 16.2 Å². The van der Waals surface area contributed by atoms with E-state index >= 15 is 0 Å². The number of aliphatic hydroxyl groups excluding tert-OH is 1. The molecule has 0 fully saturated rings. The number of nitrogens with zero attached hydrogens (tertiary/aromatic N) is 1. The van der Waals surface area contributed by atoms with Crippen molar-refractivity contribution in [3.05, 3.63) is 18.3 Å². The molecule has 0 aliphatic heterocycles. The summed E-state index contributed by atoms with van der Waals surface area (Å²) in [5, 5.41) is 12.7. The summed E-state index contributed by atoms with van der Waals surface area (Å²) in [5.74, 6) is 0.503. The van der Waals surface area contributed by atoms with Gasteiger partial charge in [-0.1, -0.05) is 13.8 Å². The van der Waals surface area contributed by atoms with Crippen molar-refractivity contribution in [2.75, 3.05) is 17.7 Å². The molecule has 1 aromatic rings. The van der Waals surface area contributed by atoms with Crippen LogP contribution in [0.2, 0.25) is 0 Å². The molecule has 1 rings (SSSR count). The largest absolute Gasteiger partial charge is 0.394 e. The highest BCUT2D eigenvalue weighted by Gasteiger charge is 2.24. The molecule has 4 heteroatoms. The quantitative estimate of drug-likeness (QED) is 0.689. The molecule has 0 saturated carbocycles. The van der Waals surface area contributed by atoms with Gasteiger partial charge in [0.25, 0.3) is 0 Å². The SMILES string of the molecule is CCC(CC)(CO)Nc1ccc(N)nc1. The lowest BCUT2D eigenvalue weighted by atomic mass is 9.93. The molecule has 0 atom stereocenters. The van der Waals surface area contributed by atoms with E-state index in [9.17, 15) is 5.11 Å². The molecule has 0 unspecified atom stereocenters. The zero-order valence-corrected chi connectivity index (χ0v) is 9.33. The van der Waals surface area contributed by atoms with Crippen molar-refractivity contribution < 1.29 is 5.11 Å². The predicted molar refractivity (Wildman–Crippen MR) is 62.7 cm³/mol. The van der Waals surface area contributed by atoms with Crippen LogP contribution in [0.4, 0.5) is 11.5 Å². The number of pyridine rings is 1. The van der Waals surface area contributed by atoms with Crippen molar-refractivity contribution in [2.45, 2.75) is 32.2 Å². The summed E-state index contributed by atoms with van der Waals surface area (Å²) in [6, 6.07) is 3.62. The van der Waals surface area contributed by atoms with Crippen molar-refractivity contribution in [1.29, 1.82) is 0 Å². The Bertz CT molecular complexity index is 285. The minimum absolute atomic E-state index is 0.115. The molecule has 0 aliphatic rings. The Labute approximate surface area is 90.5 Å². The van der Waals surface area contributed by atoms with Gasteiger partial charge in [-0.05, 0) is 25.0 Å². The van der Waals surface area contributed by atoms with E-state index in [1.54, 1.807) is 12.3 Å². The van der Waals surface area contributed by atoms with Crippen LogP contribution in [0.1, 0.15) is 26.7 Å². The molecule has 0 radical (unpaired) electrons. The molecule has 15 heavy (non-hydrogen) atoms. The van der Waals surface area contributed by atoms with Gasteiger partial charge in [0.05, 0.1) is 24.0 Å². The van der Waals surface area contributed by atoms with Crippen LogP contribution >= 0.6 is 0 Å². The Balaban J connectivity index is 2.78. The highest BCUT2D eigenvalue weighted by Crippen LogP contribution is 2.21. The second-order valence-corrected chi connectivity index (χ2v) is 3.74. The third-order valence-electron chi connectivity index (χ3n) is 2.85. The lowest BCUT2D eigenvalue weighted by Crippen LogP contribution is -2.40. The van der Waals surface area contributed by atoms with E-state index in [-0.39, 0.29) is 12.1 Å². The van der Waals surface area contributed by atoms with Crippen molar-refractivity contribution >= 4 is 11.5 Å². The fourth-order valence-electron chi connectivity index (χ4n) is 1.48. The minimum Gasteiger partial charge on any atom is -0.394 e. The van der Waals surface area contributed by atoms with Crippen molar-refractivity contribution in [3.63, 3.8) is 0 Å². The molecule has 4 nitrogen and oxygen atoms in total. The van der Waals surface area contributed by atoms with Gasteiger partial charge in [-0.15, -0.1) is 0 Å². The van der Waals surface area contributed by atoms with E-state index in [1.807, 2.05) is 6.07 Å². The van der Waals surface area contributed by atoms with Gasteiger partial charge in [0, 0.05) is 0 Å². The summed E-state index contributed by atoms with van der Waals surface area (Å²) >= 11 is 0. The summed E-state index contributed by atoms with van der Waals surface area (Å²) in [6.07, 6.45) is 3.42. The highest BCUT2D eigenvalue weighted by molar-refractivity contribution is 5.47. The van der Waals surface area contributed by atoms with Crippen LogP contribution in [0.3, 0.4) is 0 Å². The first-order valence-corrected chi connectivity index (χ1v) is 5.26. The van der Waals surface area contributed by atoms with Crippen molar-refractivity contribution in [2.24, 2.45) is 0 Å². The number of nitrogen functional groups attached to an aromatic ring is 1. The number of hydrogen-bond acceptors (Lipinski definition) is 4. The maximum atomic E-state index is 9.38. The van der Waals surface area contributed by atoms with E-state index in [4.69, 9.17) is 5.73 Å². The lowest BCUT2D eigenvalue weighted by Gasteiger charge is -2.31. The smallest absolute Gasteiger partial charge is 0.123 e. The van der Waals surface area contributed by atoms with Gasteiger partial charge in [0.1, 0.15) is 5.82 Å². The van der Waals surface area contributed by atoms with Crippen LogP contribution in [-0.4, -0.2) is 22.2 Å². The summed E-state index contributed by atoms with van der Waals surface area (Å²) in [4.78, 5) is 4.00. The Morgan fingerprint density at radius 1 is 1.40 bits per heavy atom. The molecule has 0 aromatic carbocycles. The Morgan fingerprint density at radius 3 is 2.47 bits per heavy atom. The first kappa shape index (κ1) is 11.8. The molecule has 0 spiro atoms. The van der Waals surface area contributed by atoms with Gasteiger partial charge in [-0.25, -0.2) is 4.98 Å². The van der Waals surface area contributed by atoms with Gasteiger partial charge >= 0.3 is 0 Å². The van der Waals surface area contributed by atoms with Crippen molar-refractivity contribution in [3.8, 4) is 0 Å². The molecule has 0 aliphatic carbocycles. The fraction of sp³-hybridized carbons (Fsp3) is 0.545. The van der Waals surface area contributed by atoms with E-state index < -0.39 is 0 Å². The van der Waals surface area contributed by atoms with Crippen LogP contribution in [0.5, 0.6) is 0 Å². The molecule has 84 valence electrons. The topological polar surface area (TPSA) is 71.2 Å². The standard InChI is InChI=1S/C11H19N3O/c1-3-11(4-2,8-15)14-9-5-6-10(12)13-7-9/h5-7,14-15H,3-4,8H2,1-2H3,(H2,12,13). The normalized spacial score (nSPS) is 11.4. The maximum absolute atomic E-state index is 9.38. The summed E-state index contributed by atoms with van der Waals surface area (Å²) in [6.45, 7) is 4.22. The third kappa shape index (κ3) is 2.83. The molecular formula is C11H19N3O. The molecular weight excluding hydrogens is 190 g/mol. The average Bonchev–Trinajstić information content (AvgIpc) is 2.29. The number of nitrogens with one attached hydrogen (secondary N) is 1. The third-order valence-corrected chi connectivity index (χ3v) is 2.85. The molecule has 0 bridgehead atoms. The first-order chi connectivity index (χ1) is 7.15. The van der Waals surface area contributed by atoms with Gasteiger partial charge in [0.2, 0.25) is 0 Å². The van der Waals surface area contributed by atoms with E-state index in [0.29, 0.717) is 5.82 Å². The monoisotopic (exact) mass is 209 g/mol. The summed E-state index contributed by atoms with van der Waals surface area (Å²) in [5.41, 5.74) is 6.14. The molecule has 4 N–H and O–H groups in total. The van der Waals surface area contributed by atoms with Crippen LogP contribution < -0.4 is 11.1 Å². The van der Waals surface area contributed by atoms with E-state index in [0.717, 1.165) is 18.5 Å². The number of anilines is 2. The fourth-order valence-corrected chi connectivity index (χ4v) is 1.48. The van der Waals surface area contributed by atoms with E-state index in [2.05, 4.69) is 24.1 Å². The van der Waals surface area contributed by atoms with Crippen LogP contribution in [-0.2, 0) is 0 Å². The number of aromatic nitrogens is 1. The average molecular weight is 209 g/mol. The number of hydrogen-bond donors (Lipinski definition) is 3. The zero-order valence-electron chi connectivity index (χ0n) is 9.33. The molecule has 1 heterocycles. The summed E-state index contributed by atoms with van der Waals surface area (Å²) in [7, 11) is 0. The Kier molecular flexibility index (Phi) is 3.91. The molecule has 0 saturated heterocycles. The lowest BCUT2D eigenvalue weighted by molar-refractivity contribution is 0.202. The Hall–Kier alpha value is -1.29. The van der Waals surface area contributed by atoms with Gasteiger partial charge in [-0.3, -0.25) is 0 Å². The van der Waals surface area contributed by atoms with Crippen LogP contribution in [0.25, 0.3) is 0 Å². The Morgan fingerprint density at radius 2 is 2.07 bits per heavy atom. The molecule has 1 aromatic heterocycles. The number of rotatable bonds is 5. The van der Waals surface area contributed by atoms with Gasteiger partial charge in [-0.2, -0.15) is 0 Å².